The Morgan fingerprint density at radius 2 is 2.00 bits per heavy atom. The number of hydrogen-bond acceptors (Lipinski definition) is 5. The maximum Gasteiger partial charge on any atom is 0.245 e. The third-order valence-electron chi connectivity index (χ3n) is 4.17. The van der Waals surface area contributed by atoms with E-state index in [0.717, 1.165) is 4.88 Å². The van der Waals surface area contributed by atoms with Gasteiger partial charge in [0.1, 0.15) is 6.04 Å². The zero-order valence-corrected chi connectivity index (χ0v) is 18.6. The van der Waals surface area contributed by atoms with E-state index in [1.807, 2.05) is 17.5 Å². The molecule has 1 unspecified atom stereocenters. The van der Waals surface area contributed by atoms with Crippen molar-refractivity contribution >= 4 is 64.3 Å². The Balaban J connectivity index is 1.73. The molecule has 0 bridgehead atoms. The fourth-order valence-corrected chi connectivity index (χ4v) is 4.25. The molecule has 0 radical (unpaired) electrons. The fraction of sp³-hybridized carbons (Fsp3) is 0.222. The van der Waals surface area contributed by atoms with Gasteiger partial charge in [0.15, 0.2) is 10.6 Å². The Bertz CT molecular complexity index is 1070. The lowest BCUT2D eigenvalue weighted by molar-refractivity contribution is -0.135. The summed E-state index contributed by atoms with van der Waals surface area (Å²) in [6, 6.07) is 8.05. The van der Waals surface area contributed by atoms with Crippen LogP contribution >= 0.6 is 46.8 Å². The first-order valence-corrected chi connectivity index (χ1v) is 10.5. The van der Waals surface area contributed by atoms with Crippen molar-refractivity contribution in [1.82, 2.24) is 19.7 Å². The van der Waals surface area contributed by atoms with Crippen LogP contribution in [0.3, 0.4) is 0 Å². The molecule has 0 fully saturated rings. The number of nitrogens with zero attached hydrogens (tertiary/aromatic N) is 3. The highest BCUT2D eigenvalue weighted by Gasteiger charge is 2.25. The lowest BCUT2D eigenvalue weighted by Gasteiger charge is -2.22. The lowest BCUT2D eigenvalue weighted by Crippen LogP contribution is -2.38. The van der Waals surface area contributed by atoms with Crippen LogP contribution in [0.4, 0.5) is 5.69 Å². The van der Waals surface area contributed by atoms with Crippen molar-refractivity contribution in [3.63, 3.8) is 0 Å². The van der Waals surface area contributed by atoms with Crippen LogP contribution < -0.4 is 5.32 Å². The Hall–Kier alpha value is -2.20. The molecule has 0 aliphatic heterocycles. The number of aromatic amines is 1. The summed E-state index contributed by atoms with van der Waals surface area (Å²) in [6.07, 6.45) is 0. The van der Waals surface area contributed by atoms with E-state index in [4.69, 9.17) is 35.4 Å². The predicted molar refractivity (Wildman–Crippen MR) is 118 cm³/mol. The van der Waals surface area contributed by atoms with E-state index in [-0.39, 0.29) is 12.5 Å². The number of nitrogens with one attached hydrogen (secondary N) is 2. The first kappa shape index (κ1) is 21.5. The molecule has 1 aromatic carbocycles. The van der Waals surface area contributed by atoms with Gasteiger partial charge in [0.05, 0.1) is 27.2 Å². The first-order chi connectivity index (χ1) is 13.8. The predicted octanol–water partition coefficient (Wildman–Crippen LogP) is 4.63. The lowest BCUT2D eigenvalue weighted by atomic mass is 10.2. The van der Waals surface area contributed by atoms with Crippen molar-refractivity contribution < 1.29 is 9.59 Å². The van der Waals surface area contributed by atoms with Crippen molar-refractivity contribution in [2.24, 2.45) is 0 Å². The molecule has 2 amide bonds. The zero-order valence-electron chi connectivity index (χ0n) is 15.5. The minimum Gasteiger partial charge on any atom is -0.335 e. The van der Waals surface area contributed by atoms with Gasteiger partial charge in [-0.3, -0.25) is 19.3 Å². The fourth-order valence-electron chi connectivity index (χ4n) is 2.76. The van der Waals surface area contributed by atoms with Crippen LogP contribution in [-0.2, 0) is 9.59 Å². The number of hydrogen-bond donors (Lipinski definition) is 2. The number of carbonyl (C=O) groups excluding carboxylic acids is 2. The SMILES string of the molecule is CC(C(=O)N(C)CC(=O)Nc1c(Cl)cccc1Cl)n1c(-c2cccs2)n[nH]c1=S. The largest absolute Gasteiger partial charge is 0.335 e. The average molecular weight is 470 g/mol. The van der Waals surface area contributed by atoms with E-state index < -0.39 is 11.9 Å². The molecule has 2 heterocycles. The zero-order chi connectivity index (χ0) is 21.1. The van der Waals surface area contributed by atoms with Crippen LogP contribution in [0.1, 0.15) is 13.0 Å². The monoisotopic (exact) mass is 469 g/mol. The molecule has 0 aliphatic rings. The van der Waals surface area contributed by atoms with Gasteiger partial charge in [-0.25, -0.2) is 0 Å². The summed E-state index contributed by atoms with van der Waals surface area (Å²) >= 11 is 18.9. The van der Waals surface area contributed by atoms with Gasteiger partial charge in [0.2, 0.25) is 11.8 Å². The molecule has 11 heteroatoms. The molecule has 3 rings (SSSR count). The molecule has 0 saturated carbocycles. The standard InChI is InChI=1S/C18H17Cl2N5O2S2/c1-10(25-16(22-23-18(25)28)13-7-4-8-29-13)17(27)24(2)9-14(26)21-15-11(19)5-3-6-12(15)20/h3-8,10H,9H2,1-2H3,(H,21,26)(H,23,28). The second kappa shape index (κ2) is 9.08. The number of amides is 2. The van der Waals surface area contributed by atoms with Gasteiger partial charge in [-0.05, 0) is 42.7 Å². The van der Waals surface area contributed by atoms with Crippen LogP contribution in [0.15, 0.2) is 35.7 Å². The summed E-state index contributed by atoms with van der Waals surface area (Å²) in [4.78, 5) is 27.5. The number of aromatic nitrogens is 3. The average Bonchev–Trinajstić information content (AvgIpc) is 3.33. The normalized spacial score (nSPS) is 11.9. The molecule has 3 aromatic rings. The van der Waals surface area contributed by atoms with Gasteiger partial charge in [-0.1, -0.05) is 35.3 Å². The number of anilines is 1. The highest BCUT2D eigenvalue weighted by atomic mass is 35.5. The number of likely N-dealkylation sites (N-methyl/N-ethyl adjacent to an activating group) is 1. The topological polar surface area (TPSA) is 83.0 Å². The summed E-state index contributed by atoms with van der Waals surface area (Å²) in [5, 5.41) is 12.2. The van der Waals surface area contributed by atoms with Gasteiger partial charge in [0, 0.05) is 7.05 Å². The number of halogens is 2. The Morgan fingerprint density at radius 3 is 2.62 bits per heavy atom. The Kier molecular flexibility index (Phi) is 6.74. The number of H-pyrrole nitrogens is 1. The molecule has 2 aromatic heterocycles. The van der Waals surface area contributed by atoms with Crippen molar-refractivity contribution in [3.8, 4) is 10.7 Å². The molecule has 1 atom stereocenters. The van der Waals surface area contributed by atoms with E-state index in [1.165, 1.54) is 16.2 Å². The Morgan fingerprint density at radius 1 is 1.31 bits per heavy atom. The summed E-state index contributed by atoms with van der Waals surface area (Å²) < 4.78 is 1.97. The van der Waals surface area contributed by atoms with Gasteiger partial charge in [0.25, 0.3) is 0 Å². The summed E-state index contributed by atoms with van der Waals surface area (Å²) in [5.74, 6) is -0.135. The molecule has 0 spiro atoms. The van der Waals surface area contributed by atoms with E-state index in [9.17, 15) is 9.59 Å². The quantitative estimate of drug-likeness (QED) is 0.515. The molecule has 0 saturated heterocycles. The van der Waals surface area contributed by atoms with E-state index >= 15 is 0 Å². The smallest absolute Gasteiger partial charge is 0.245 e. The molecule has 7 nitrogen and oxygen atoms in total. The second-order valence-corrected chi connectivity index (χ2v) is 8.36. The molecule has 0 aliphatic carbocycles. The van der Waals surface area contributed by atoms with Crippen LogP contribution in [0.5, 0.6) is 0 Å². The van der Waals surface area contributed by atoms with Crippen LogP contribution in [0, 0.1) is 4.77 Å². The van der Waals surface area contributed by atoms with Gasteiger partial charge in [-0.2, -0.15) is 5.10 Å². The number of benzene rings is 1. The highest BCUT2D eigenvalue weighted by Crippen LogP contribution is 2.30. The Labute approximate surface area is 186 Å². The number of carbonyl (C=O) groups is 2. The third-order valence-corrected chi connectivity index (χ3v) is 5.96. The molecular weight excluding hydrogens is 453 g/mol. The van der Waals surface area contributed by atoms with E-state index in [1.54, 1.807) is 36.7 Å². The van der Waals surface area contributed by atoms with Gasteiger partial charge >= 0.3 is 0 Å². The number of thiophene rings is 1. The molecular formula is C18H17Cl2N5O2S2. The van der Waals surface area contributed by atoms with Gasteiger partial charge < -0.3 is 10.2 Å². The minimum absolute atomic E-state index is 0.176. The van der Waals surface area contributed by atoms with Crippen LogP contribution in [-0.4, -0.2) is 45.1 Å². The van der Waals surface area contributed by atoms with Crippen molar-refractivity contribution in [2.75, 3.05) is 18.9 Å². The van der Waals surface area contributed by atoms with Crippen LogP contribution in [0.25, 0.3) is 10.7 Å². The van der Waals surface area contributed by atoms with Crippen molar-refractivity contribution in [1.29, 1.82) is 0 Å². The van der Waals surface area contributed by atoms with E-state index in [0.29, 0.717) is 26.3 Å². The first-order valence-electron chi connectivity index (χ1n) is 8.49. The van der Waals surface area contributed by atoms with Crippen LogP contribution in [0.2, 0.25) is 10.0 Å². The van der Waals surface area contributed by atoms with Gasteiger partial charge in [-0.15, -0.1) is 11.3 Å². The highest BCUT2D eigenvalue weighted by molar-refractivity contribution is 7.71. The number of rotatable bonds is 6. The maximum absolute atomic E-state index is 12.9. The number of para-hydroxylation sites is 1. The van der Waals surface area contributed by atoms with E-state index in [2.05, 4.69) is 15.5 Å². The summed E-state index contributed by atoms with van der Waals surface area (Å²) in [7, 11) is 1.54. The summed E-state index contributed by atoms with van der Waals surface area (Å²) in [5.41, 5.74) is 0.312. The third kappa shape index (κ3) is 4.69. The maximum atomic E-state index is 12.9. The second-order valence-electron chi connectivity index (χ2n) is 6.21. The molecule has 2 N–H and O–H groups in total. The van der Waals surface area contributed by atoms with Crippen molar-refractivity contribution in [3.05, 3.63) is 50.5 Å². The molecule has 152 valence electrons. The van der Waals surface area contributed by atoms with Crippen molar-refractivity contribution in [2.45, 2.75) is 13.0 Å². The molecule has 29 heavy (non-hydrogen) atoms. The minimum atomic E-state index is -0.653. The summed E-state index contributed by atoms with van der Waals surface area (Å²) in [6.45, 7) is 1.54.